The minimum atomic E-state index is 0.319. The summed E-state index contributed by atoms with van der Waals surface area (Å²) in [6, 6.07) is 6.49. The van der Waals surface area contributed by atoms with Crippen LogP contribution in [0.1, 0.15) is 36.8 Å². The first-order valence-corrected chi connectivity index (χ1v) is 8.01. The molecule has 2 aliphatic rings. The molecule has 1 unspecified atom stereocenters. The third-order valence-electron chi connectivity index (χ3n) is 4.16. The van der Waals surface area contributed by atoms with Crippen molar-refractivity contribution in [3.05, 3.63) is 29.3 Å². The van der Waals surface area contributed by atoms with Crippen LogP contribution in [-0.4, -0.2) is 24.4 Å². The number of nitrogens with one attached hydrogen (secondary N) is 2. The molecule has 1 aromatic carbocycles. The maximum absolute atomic E-state index is 5.59. The Morgan fingerprint density at radius 1 is 1.25 bits per heavy atom. The van der Waals surface area contributed by atoms with Crippen LogP contribution in [0.4, 0.5) is 5.69 Å². The molecule has 0 radical (unpaired) electrons. The van der Waals surface area contributed by atoms with Gasteiger partial charge >= 0.3 is 0 Å². The first-order chi connectivity index (χ1) is 9.83. The Kier molecular flexibility index (Phi) is 4.53. The van der Waals surface area contributed by atoms with Crippen LogP contribution in [-0.2, 0) is 17.6 Å². The predicted molar refractivity (Wildman–Crippen MR) is 86.3 cm³/mol. The van der Waals surface area contributed by atoms with Gasteiger partial charge in [0.05, 0.1) is 6.10 Å². The average molecular weight is 290 g/mol. The van der Waals surface area contributed by atoms with Crippen LogP contribution in [0, 0.1) is 0 Å². The van der Waals surface area contributed by atoms with Crippen molar-refractivity contribution >= 4 is 23.0 Å². The van der Waals surface area contributed by atoms with Gasteiger partial charge in [0, 0.05) is 18.8 Å². The van der Waals surface area contributed by atoms with E-state index in [4.69, 9.17) is 17.0 Å². The Bertz CT molecular complexity index is 483. The van der Waals surface area contributed by atoms with Crippen LogP contribution < -0.4 is 10.6 Å². The minimum Gasteiger partial charge on any atom is -0.376 e. The van der Waals surface area contributed by atoms with E-state index in [-0.39, 0.29) is 0 Å². The Hall–Kier alpha value is -1.13. The molecule has 3 rings (SSSR count). The predicted octanol–water partition coefficient (Wildman–Crippen LogP) is 3.03. The molecule has 1 atom stereocenters. The van der Waals surface area contributed by atoms with Crippen molar-refractivity contribution in [2.24, 2.45) is 0 Å². The van der Waals surface area contributed by atoms with Crippen molar-refractivity contribution < 1.29 is 4.74 Å². The second-order valence-electron chi connectivity index (χ2n) is 5.62. The summed E-state index contributed by atoms with van der Waals surface area (Å²) >= 11 is 5.40. The summed E-state index contributed by atoms with van der Waals surface area (Å²) in [5, 5.41) is 7.34. The van der Waals surface area contributed by atoms with E-state index >= 15 is 0 Å². The number of fused-ring (bicyclic) bond motifs is 1. The highest BCUT2D eigenvalue weighted by Crippen LogP contribution is 2.27. The van der Waals surface area contributed by atoms with Crippen molar-refractivity contribution in [1.29, 1.82) is 0 Å². The molecule has 1 aromatic rings. The molecule has 20 heavy (non-hydrogen) atoms. The van der Waals surface area contributed by atoms with E-state index in [0.29, 0.717) is 11.2 Å². The minimum absolute atomic E-state index is 0.319. The summed E-state index contributed by atoms with van der Waals surface area (Å²) in [5.41, 5.74) is 4.09. The number of benzene rings is 1. The molecule has 0 aromatic heterocycles. The van der Waals surface area contributed by atoms with Crippen LogP contribution in [0.15, 0.2) is 18.2 Å². The largest absolute Gasteiger partial charge is 0.376 e. The van der Waals surface area contributed by atoms with Crippen LogP contribution in [0.2, 0.25) is 0 Å². The molecular weight excluding hydrogens is 268 g/mol. The van der Waals surface area contributed by atoms with Gasteiger partial charge in [0.1, 0.15) is 0 Å². The fraction of sp³-hybridized carbons (Fsp3) is 0.562. The molecular formula is C16H22N2OS. The van der Waals surface area contributed by atoms with Crippen LogP contribution >= 0.6 is 12.2 Å². The van der Waals surface area contributed by atoms with Crippen molar-refractivity contribution in [3.8, 4) is 0 Å². The van der Waals surface area contributed by atoms with Gasteiger partial charge in [0.2, 0.25) is 0 Å². The Morgan fingerprint density at radius 3 is 3.00 bits per heavy atom. The molecule has 3 nitrogen and oxygen atoms in total. The van der Waals surface area contributed by atoms with Gasteiger partial charge in [0.15, 0.2) is 5.11 Å². The summed E-state index contributed by atoms with van der Waals surface area (Å²) in [5.74, 6) is 0. The summed E-state index contributed by atoms with van der Waals surface area (Å²) in [4.78, 5) is 0. The highest BCUT2D eigenvalue weighted by molar-refractivity contribution is 7.80. The highest BCUT2D eigenvalue weighted by atomic mass is 32.1. The van der Waals surface area contributed by atoms with Crippen molar-refractivity contribution in [1.82, 2.24) is 5.32 Å². The van der Waals surface area contributed by atoms with E-state index in [1.54, 1.807) is 0 Å². The van der Waals surface area contributed by atoms with E-state index in [0.717, 1.165) is 26.0 Å². The Balaban J connectivity index is 1.58. The van der Waals surface area contributed by atoms with Crippen LogP contribution in [0.3, 0.4) is 0 Å². The first-order valence-electron chi connectivity index (χ1n) is 7.60. The second-order valence-corrected chi connectivity index (χ2v) is 6.03. The van der Waals surface area contributed by atoms with Gasteiger partial charge in [-0.25, -0.2) is 0 Å². The summed E-state index contributed by atoms with van der Waals surface area (Å²) in [6.07, 6.45) is 7.56. The lowest BCUT2D eigenvalue weighted by Crippen LogP contribution is -2.35. The van der Waals surface area contributed by atoms with Gasteiger partial charge in [-0.3, -0.25) is 0 Å². The lowest BCUT2D eigenvalue weighted by molar-refractivity contribution is 0.114. The van der Waals surface area contributed by atoms with Gasteiger partial charge in [0.25, 0.3) is 0 Å². The maximum atomic E-state index is 5.59. The number of ether oxygens (including phenoxy) is 1. The molecule has 1 fully saturated rings. The smallest absolute Gasteiger partial charge is 0.170 e. The molecule has 1 saturated heterocycles. The van der Waals surface area contributed by atoms with E-state index in [2.05, 4.69) is 28.8 Å². The van der Waals surface area contributed by atoms with Gasteiger partial charge in [-0.1, -0.05) is 12.1 Å². The monoisotopic (exact) mass is 290 g/mol. The summed E-state index contributed by atoms with van der Waals surface area (Å²) in [7, 11) is 0. The SMILES string of the molecule is S=C(NCC1CCCO1)Nc1cccc2c1CCCC2. The summed E-state index contributed by atoms with van der Waals surface area (Å²) in [6.45, 7) is 1.69. The van der Waals surface area contributed by atoms with Gasteiger partial charge in [-0.05, 0) is 67.9 Å². The molecule has 108 valence electrons. The van der Waals surface area contributed by atoms with Gasteiger partial charge in [-0.15, -0.1) is 0 Å². The topological polar surface area (TPSA) is 33.3 Å². The quantitative estimate of drug-likeness (QED) is 0.838. The van der Waals surface area contributed by atoms with E-state index in [1.165, 1.54) is 42.5 Å². The van der Waals surface area contributed by atoms with Crippen LogP contribution in [0.5, 0.6) is 0 Å². The fourth-order valence-electron chi connectivity index (χ4n) is 3.08. The number of rotatable bonds is 3. The Morgan fingerprint density at radius 2 is 2.15 bits per heavy atom. The van der Waals surface area contributed by atoms with E-state index in [1.807, 2.05) is 0 Å². The molecule has 0 spiro atoms. The number of hydrogen-bond donors (Lipinski definition) is 2. The average Bonchev–Trinajstić information content (AvgIpc) is 2.99. The normalized spacial score (nSPS) is 21.3. The lowest BCUT2D eigenvalue weighted by atomic mass is 9.90. The highest BCUT2D eigenvalue weighted by Gasteiger charge is 2.16. The fourth-order valence-corrected chi connectivity index (χ4v) is 3.27. The number of aryl methyl sites for hydroxylation is 1. The van der Waals surface area contributed by atoms with Crippen molar-refractivity contribution in [2.45, 2.75) is 44.6 Å². The number of anilines is 1. The standard InChI is InChI=1S/C16H22N2OS/c20-16(17-11-13-7-4-10-19-13)18-15-9-3-6-12-5-1-2-8-14(12)15/h3,6,9,13H,1-2,4-5,7-8,10-11H2,(H2,17,18,20). The molecule has 0 saturated carbocycles. The first kappa shape index (κ1) is 13.8. The van der Waals surface area contributed by atoms with Crippen LogP contribution in [0.25, 0.3) is 0 Å². The molecule has 2 N–H and O–H groups in total. The molecule has 0 amide bonds. The van der Waals surface area contributed by atoms with E-state index in [9.17, 15) is 0 Å². The zero-order valence-electron chi connectivity index (χ0n) is 11.8. The second kappa shape index (κ2) is 6.55. The summed E-state index contributed by atoms with van der Waals surface area (Å²) < 4.78 is 5.59. The lowest BCUT2D eigenvalue weighted by Gasteiger charge is -2.21. The molecule has 1 aliphatic heterocycles. The van der Waals surface area contributed by atoms with E-state index < -0.39 is 0 Å². The zero-order valence-corrected chi connectivity index (χ0v) is 12.6. The van der Waals surface area contributed by atoms with Gasteiger partial charge in [-0.2, -0.15) is 0 Å². The molecule has 1 aliphatic carbocycles. The maximum Gasteiger partial charge on any atom is 0.170 e. The molecule has 1 heterocycles. The van der Waals surface area contributed by atoms with Crippen molar-refractivity contribution in [3.63, 3.8) is 0 Å². The number of thiocarbonyl (C=S) groups is 1. The zero-order chi connectivity index (χ0) is 13.8. The Labute approximate surface area is 126 Å². The molecule has 0 bridgehead atoms. The third kappa shape index (κ3) is 3.30. The van der Waals surface area contributed by atoms with Crippen molar-refractivity contribution in [2.75, 3.05) is 18.5 Å². The molecule has 4 heteroatoms. The third-order valence-corrected chi connectivity index (χ3v) is 4.40. The van der Waals surface area contributed by atoms with Gasteiger partial charge < -0.3 is 15.4 Å². The number of hydrogen-bond acceptors (Lipinski definition) is 2.